The van der Waals surface area contributed by atoms with Crippen LogP contribution in [-0.4, -0.2) is 33.1 Å². The highest BCUT2D eigenvalue weighted by Crippen LogP contribution is 2.35. The Morgan fingerprint density at radius 1 is 1.22 bits per heavy atom. The lowest BCUT2D eigenvalue weighted by atomic mass is 10.1. The molecule has 4 nitrogen and oxygen atoms in total. The van der Waals surface area contributed by atoms with Gasteiger partial charge in [0.1, 0.15) is 14.1 Å². The van der Waals surface area contributed by atoms with E-state index in [-0.39, 0.29) is 17.9 Å². The van der Waals surface area contributed by atoms with E-state index < -0.39 is 37.6 Å². The Morgan fingerprint density at radius 3 is 2.37 bits per heavy atom. The van der Waals surface area contributed by atoms with E-state index in [1.807, 2.05) is 0 Å². The maximum Gasteiger partial charge on any atom is 0.329 e. The molecule has 1 rings (SSSR count). The van der Waals surface area contributed by atoms with Crippen molar-refractivity contribution >= 4 is 20.0 Å². The number of nitrogens with one attached hydrogen (secondary N) is 1. The van der Waals surface area contributed by atoms with E-state index >= 15 is 0 Å². The molecule has 1 amide bonds. The molecule has 27 heavy (non-hydrogen) atoms. The van der Waals surface area contributed by atoms with Gasteiger partial charge in [0.15, 0.2) is 11.6 Å². The topological polar surface area (TPSA) is 55.4 Å². The van der Waals surface area contributed by atoms with Crippen LogP contribution < -0.4 is 5.32 Å². The molecule has 1 aromatic carbocycles. The van der Waals surface area contributed by atoms with Gasteiger partial charge in [0.25, 0.3) is 0 Å². The van der Waals surface area contributed by atoms with Gasteiger partial charge in [-0.05, 0) is 22.7 Å². The maximum atomic E-state index is 13.3. The number of hydrogen-bond donors (Lipinski definition) is 1. The molecule has 0 saturated heterocycles. The highest BCUT2D eigenvalue weighted by Gasteiger charge is 2.33. The number of ether oxygens (including phenoxy) is 1. The third-order valence-corrected chi connectivity index (χ3v) is 9.30. The second-order valence-corrected chi connectivity index (χ2v) is 12.9. The van der Waals surface area contributed by atoms with E-state index in [1.165, 1.54) is 13.2 Å². The van der Waals surface area contributed by atoms with Gasteiger partial charge in [0, 0.05) is 6.42 Å². The van der Waals surface area contributed by atoms with Gasteiger partial charge in [0.05, 0.1) is 13.5 Å². The number of carbonyl (C=O) groups excluding carboxylic acids is 2. The lowest BCUT2D eigenvalue weighted by molar-refractivity contribution is -0.144. The molecule has 0 radical (unpaired) electrons. The van der Waals surface area contributed by atoms with E-state index in [0.717, 1.165) is 12.1 Å². The van der Waals surface area contributed by atoms with Gasteiger partial charge in [-0.15, -0.1) is 11.5 Å². The number of hydrogen-bond acceptors (Lipinski definition) is 3. The van der Waals surface area contributed by atoms with Crippen LogP contribution in [0.2, 0.25) is 18.1 Å². The first-order valence-electron chi connectivity index (χ1n) is 8.68. The van der Waals surface area contributed by atoms with Crippen molar-refractivity contribution in [3.8, 4) is 11.5 Å². The van der Waals surface area contributed by atoms with E-state index in [2.05, 4.69) is 50.6 Å². The predicted octanol–water partition coefficient (Wildman–Crippen LogP) is 3.61. The van der Waals surface area contributed by atoms with Gasteiger partial charge < -0.3 is 10.1 Å². The van der Waals surface area contributed by atoms with Crippen molar-refractivity contribution < 1.29 is 23.1 Å². The van der Waals surface area contributed by atoms with E-state index in [1.54, 1.807) is 0 Å². The number of rotatable bonds is 5. The number of carbonyl (C=O) groups is 2. The first-order chi connectivity index (χ1) is 12.4. The average Bonchev–Trinajstić information content (AvgIpc) is 2.55. The zero-order valence-corrected chi connectivity index (χ0v) is 17.7. The van der Waals surface area contributed by atoms with Crippen molar-refractivity contribution in [1.82, 2.24) is 5.32 Å². The molecule has 0 aromatic heterocycles. The summed E-state index contributed by atoms with van der Waals surface area (Å²) in [4.78, 5) is 24.1. The van der Waals surface area contributed by atoms with Crippen molar-refractivity contribution in [3.63, 3.8) is 0 Å². The molecule has 1 atom stereocenters. The molecule has 0 bridgehead atoms. The van der Waals surface area contributed by atoms with Crippen molar-refractivity contribution in [2.24, 2.45) is 0 Å². The van der Waals surface area contributed by atoms with Crippen molar-refractivity contribution in [1.29, 1.82) is 0 Å². The first kappa shape index (κ1) is 22.8. The second-order valence-electron chi connectivity index (χ2n) is 7.95. The summed E-state index contributed by atoms with van der Waals surface area (Å²) < 4.78 is 31.0. The van der Waals surface area contributed by atoms with Crippen LogP contribution in [0.15, 0.2) is 18.2 Å². The Morgan fingerprint density at radius 2 is 1.85 bits per heavy atom. The van der Waals surface area contributed by atoms with Crippen LogP contribution in [0, 0.1) is 23.1 Å². The van der Waals surface area contributed by atoms with Gasteiger partial charge in [-0.25, -0.2) is 13.6 Å². The van der Waals surface area contributed by atoms with Crippen LogP contribution in [0.5, 0.6) is 0 Å². The third-order valence-electron chi connectivity index (χ3n) is 4.75. The van der Waals surface area contributed by atoms with Gasteiger partial charge in [-0.3, -0.25) is 4.79 Å². The maximum absolute atomic E-state index is 13.3. The molecule has 0 unspecified atom stereocenters. The van der Waals surface area contributed by atoms with Crippen molar-refractivity contribution in [3.05, 3.63) is 35.4 Å². The van der Waals surface area contributed by atoms with E-state index in [9.17, 15) is 18.4 Å². The van der Waals surface area contributed by atoms with Crippen LogP contribution in [-0.2, 0) is 20.7 Å². The molecule has 7 heteroatoms. The Bertz CT molecular complexity index is 761. The van der Waals surface area contributed by atoms with Crippen LogP contribution in [0.25, 0.3) is 0 Å². The molecule has 0 aliphatic rings. The Kier molecular flexibility index (Phi) is 7.73. The molecule has 1 aromatic rings. The molecular formula is C20H27F2NO3Si. The smallest absolute Gasteiger partial charge is 0.329 e. The lowest BCUT2D eigenvalue weighted by Gasteiger charge is -2.31. The number of esters is 1. The fourth-order valence-corrected chi connectivity index (χ4v) is 2.90. The monoisotopic (exact) mass is 395 g/mol. The minimum Gasteiger partial charge on any atom is -0.467 e. The van der Waals surface area contributed by atoms with E-state index in [4.69, 9.17) is 4.74 Å². The summed E-state index contributed by atoms with van der Waals surface area (Å²) in [5.74, 6) is -0.0761. The van der Waals surface area contributed by atoms with Crippen molar-refractivity contribution in [2.45, 2.75) is 57.8 Å². The molecule has 0 aliphatic heterocycles. The Balaban J connectivity index is 2.82. The Labute approximate surface area is 160 Å². The first-order valence-corrected chi connectivity index (χ1v) is 11.7. The summed E-state index contributed by atoms with van der Waals surface area (Å²) in [6.45, 7) is 10.7. The van der Waals surface area contributed by atoms with E-state index in [0.29, 0.717) is 5.56 Å². The zero-order chi connectivity index (χ0) is 20.8. The largest absolute Gasteiger partial charge is 0.467 e. The average molecular weight is 396 g/mol. The summed E-state index contributed by atoms with van der Waals surface area (Å²) in [6, 6.07) is 2.33. The number of methoxy groups -OCH3 is 1. The molecule has 0 saturated carbocycles. The predicted molar refractivity (Wildman–Crippen MR) is 104 cm³/mol. The summed E-state index contributed by atoms with van der Waals surface area (Å²) in [5.41, 5.74) is 3.59. The normalized spacial score (nSPS) is 12.6. The van der Waals surface area contributed by atoms with Crippen LogP contribution in [0.4, 0.5) is 8.78 Å². The molecule has 1 N–H and O–H groups in total. The summed E-state index contributed by atoms with van der Waals surface area (Å²) in [7, 11) is -0.598. The summed E-state index contributed by atoms with van der Waals surface area (Å²) in [6.07, 6.45) is -0.0525. The third kappa shape index (κ3) is 6.79. The number of halogens is 2. The van der Waals surface area contributed by atoms with Crippen LogP contribution in [0.3, 0.4) is 0 Å². The lowest BCUT2D eigenvalue weighted by Crippen LogP contribution is -2.42. The molecule has 0 heterocycles. The van der Waals surface area contributed by atoms with Crippen molar-refractivity contribution in [2.75, 3.05) is 7.11 Å². The van der Waals surface area contributed by atoms with Gasteiger partial charge >= 0.3 is 5.97 Å². The SMILES string of the molecule is COC(=O)[C@H](CC#C[Si](C)(C)C(C)(C)C)NC(=O)Cc1ccc(F)c(F)c1. The number of amides is 1. The molecule has 0 fully saturated rings. The van der Waals surface area contributed by atoms with Crippen LogP contribution in [0.1, 0.15) is 32.8 Å². The molecular weight excluding hydrogens is 368 g/mol. The quantitative estimate of drug-likeness (QED) is 0.471. The Hall–Kier alpha value is -2.20. The zero-order valence-electron chi connectivity index (χ0n) is 16.7. The van der Waals surface area contributed by atoms with Gasteiger partial charge in [-0.1, -0.05) is 39.9 Å². The van der Waals surface area contributed by atoms with Gasteiger partial charge in [0.2, 0.25) is 5.91 Å². The molecule has 0 spiro atoms. The fraction of sp³-hybridized carbons (Fsp3) is 0.500. The molecule has 0 aliphatic carbocycles. The highest BCUT2D eigenvalue weighted by atomic mass is 28.3. The van der Waals surface area contributed by atoms with Crippen LogP contribution >= 0.6 is 0 Å². The van der Waals surface area contributed by atoms with Gasteiger partial charge in [-0.2, -0.15) is 0 Å². The molecule has 148 valence electrons. The summed E-state index contributed by atoms with van der Waals surface area (Å²) in [5, 5.41) is 2.64. The number of benzene rings is 1. The highest BCUT2D eigenvalue weighted by molar-refractivity contribution is 6.87. The minimum absolute atomic E-state index is 0.0800. The standard InChI is InChI=1S/C20H27F2NO3Si/c1-20(2,3)27(5,6)11-7-8-17(19(25)26-4)23-18(24)13-14-9-10-15(21)16(22)12-14/h9-10,12,17H,8,13H2,1-6H3,(H,23,24)/t17-/m0/s1. The minimum atomic E-state index is -1.83. The second kappa shape index (κ2) is 9.13. The summed E-state index contributed by atoms with van der Waals surface area (Å²) >= 11 is 0. The fourth-order valence-electron chi connectivity index (χ4n) is 1.98.